The molecule has 0 bridgehead atoms. The normalized spacial score (nSPS) is 10.9. The Bertz CT molecular complexity index is 955. The summed E-state index contributed by atoms with van der Waals surface area (Å²) in [4.78, 5) is 17.4. The lowest BCUT2D eigenvalue weighted by atomic mass is 10.0. The second-order valence-electron chi connectivity index (χ2n) is 6.62. The van der Waals surface area contributed by atoms with Gasteiger partial charge in [-0.1, -0.05) is 55.2 Å². The average Bonchev–Trinajstić information content (AvgIpc) is 3.10. The Kier molecular flexibility index (Phi) is 6.94. The molecule has 0 atom stereocenters. The van der Waals surface area contributed by atoms with E-state index >= 15 is 0 Å². The number of nitrogens with zero attached hydrogens (tertiary/aromatic N) is 1. The predicted molar refractivity (Wildman–Crippen MR) is 116 cm³/mol. The van der Waals surface area contributed by atoms with E-state index in [4.69, 9.17) is 27.9 Å². The van der Waals surface area contributed by atoms with Crippen LogP contribution in [0.5, 0.6) is 5.75 Å². The molecule has 0 aliphatic carbocycles. The molecule has 7 heteroatoms. The minimum atomic E-state index is -0.247. The van der Waals surface area contributed by atoms with Gasteiger partial charge in [0.05, 0.1) is 10.0 Å². The summed E-state index contributed by atoms with van der Waals surface area (Å²) in [6.07, 6.45) is 2.41. The first-order valence-electron chi connectivity index (χ1n) is 8.82. The van der Waals surface area contributed by atoms with Crippen molar-refractivity contribution >= 4 is 45.6 Å². The lowest BCUT2D eigenvalue weighted by Crippen LogP contribution is -2.19. The van der Waals surface area contributed by atoms with E-state index < -0.39 is 0 Å². The van der Waals surface area contributed by atoms with Crippen LogP contribution in [0.2, 0.25) is 10.0 Å². The van der Waals surface area contributed by atoms with Crippen LogP contribution in [-0.4, -0.2) is 17.5 Å². The van der Waals surface area contributed by atoms with Gasteiger partial charge < -0.3 is 4.74 Å². The van der Waals surface area contributed by atoms with Crippen LogP contribution < -0.4 is 10.1 Å². The first-order valence-corrected chi connectivity index (χ1v) is 10.4. The molecule has 1 amide bonds. The van der Waals surface area contributed by atoms with Gasteiger partial charge in [0.15, 0.2) is 11.7 Å². The maximum Gasteiger partial charge on any atom is 0.264 e. The Morgan fingerprint density at radius 1 is 1.14 bits per heavy atom. The molecule has 4 nitrogen and oxygen atoms in total. The van der Waals surface area contributed by atoms with Crippen molar-refractivity contribution in [1.82, 2.24) is 4.98 Å². The Balaban J connectivity index is 1.51. The zero-order valence-electron chi connectivity index (χ0n) is 15.5. The SMILES string of the molecule is CC(C)c1ccc(OCC(=O)Nc2ncc(Cc3ccc(Cl)c(Cl)c3)s2)cc1. The van der Waals surface area contributed by atoms with E-state index in [0.717, 1.165) is 10.4 Å². The zero-order valence-corrected chi connectivity index (χ0v) is 17.9. The summed E-state index contributed by atoms with van der Waals surface area (Å²) in [6, 6.07) is 13.3. The van der Waals surface area contributed by atoms with E-state index in [1.165, 1.54) is 16.9 Å². The largest absolute Gasteiger partial charge is 0.484 e. The van der Waals surface area contributed by atoms with E-state index in [0.29, 0.717) is 33.3 Å². The predicted octanol–water partition coefficient (Wildman–Crippen LogP) is 6.18. The molecule has 0 fully saturated rings. The van der Waals surface area contributed by atoms with Crippen LogP contribution >= 0.6 is 34.5 Å². The lowest BCUT2D eigenvalue weighted by Gasteiger charge is -2.08. The van der Waals surface area contributed by atoms with Crippen LogP contribution in [0, 0.1) is 0 Å². The lowest BCUT2D eigenvalue weighted by molar-refractivity contribution is -0.118. The van der Waals surface area contributed by atoms with Crippen molar-refractivity contribution in [3.8, 4) is 5.75 Å². The average molecular weight is 435 g/mol. The first kappa shape index (κ1) is 20.6. The summed E-state index contributed by atoms with van der Waals surface area (Å²) >= 11 is 13.4. The fourth-order valence-corrected chi connectivity index (χ4v) is 3.73. The maximum atomic E-state index is 12.1. The van der Waals surface area contributed by atoms with Gasteiger partial charge in [0.2, 0.25) is 0 Å². The summed E-state index contributed by atoms with van der Waals surface area (Å²) in [5.74, 6) is 0.878. The molecule has 1 aromatic heterocycles. The van der Waals surface area contributed by atoms with Crippen LogP contribution in [0.4, 0.5) is 5.13 Å². The summed E-state index contributed by atoms with van der Waals surface area (Å²) < 4.78 is 5.54. The Morgan fingerprint density at radius 2 is 1.89 bits per heavy atom. The molecule has 146 valence electrons. The summed E-state index contributed by atoms with van der Waals surface area (Å²) in [7, 11) is 0. The van der Waals surface area contributed by atoms with E-state index in [9.17, 15) is 4.79 Å². The third-order valence-corrected chi connectivity index (χ3v) is 5.73. The van der Waals surface area contributed by atoms with Gasteiger partial charge >= 0.3 is 0 Å². The molecule has 0 saturated heterocycles. The Labute approximate surface area is 178 Å². The second-order valence-corrected chi connectivity index (χ2v) is 8.55. The molecular formula is C21H20Cl2N2O2S. The highest BCUT2D eigenvalue weighted by Gasteiger charge is 2.09. The van der Waals surface area contributed by atoms with Crippen molar-refractivity contribution in [2.24, 2.45) is 0 Å². The number of hydrogen-bond donors (Lipinski definition) is 1. The number of carbonyl (C=O) groups excluding carboxylic acids is 1. The molecule has 0 spiro atoms. The highest BCUT2D eigenvalue weighted by Crippen LogP contribution is 2.26. The number of anilines is 1. The summed E-state index contributed by atoms with van der Waals surface area (Å²) in [6.45, 7) is 4.20. The number of ether oxygens (including phenoxy) is 1. The highest BCUT2D eigenvalue weighted by molar-refractivity contribution is 7.15. The van der Waals surface area contributed by atoms with E-state index in [1.54, 1.807) is 12.3 Å². The minimum Gasteiger partial charge on any atom is -0.484 e. The third kappa shape index (κ3) is 5.71. The van der Waals surface area contributed by atoms with Crippen molar-refractivity contribution in [3.05, 3.63) is 74.7 Å². The summed E-state index contributed by atoms with van der Waals surface area (Å²) in [5.41, 5.74) is 2.26. The Morgan fingerprint density at radius 3 is 2.57 bits per heavy atom. The van der Waals surface area contributed by atoms with Gasteiger partial charge in [-0.25, -0.2) is 4.98 Å². The summed E-state index contributed by atoms with van der Waals surface area (Å²) in [5, 5.41) is 4.36. The number of thiazole rings is 1. The highest BCUT2D eigenvalue weighted by atomic mass is 35.5. The van der Waals surface area contributed by atoms with Gasteiger partial charge in [0.25, 0.3) is 5.91 Å². The molecule has 3 rings (SSSR count). The van der Waals surface area contributed by atoms with Gasteiger partial charge in [-0.2, -0.15) is 0 Å². The van der Waals surface area contributed by atoms with Gasteiger partial charge in [0.1, 0.15) is 5.75 Å². The van der Waals surface area contributed by atoms with Crippen molar-refractivity contribution in [1.29, 1.82) is 0 Å². The molecule has 28 heavy (non-hydrogen) atoms. The molecule has 1 heterocycles. The zero-order chi connectivity index (χ0) is 20.1. The van der Waals surface area contributed by atoms with E-state index in [-0.39, 0.29) is 12.5 Å². The molecule has 0 saturated carbocycles. The maximum absolute atomic E-state index is 12.1. The van der Waals surface area contributed by atoms with E-state index in [2.05, 4.69) is 24.1 Å². The van der Waals surface area contributed by atoms with Crippen molar-refractivity contribution in [2.45, 2.75) is 26.2 Å². The number of nitrogens with one attached hydrogen (secondary N) is 1. The fourth-order valence-electron chi connectivity index (χ4n) is 2.55. The molecule has 0 unspecified atom stereocenters. The molecule has 0 radical (unpaired) electrons. The van der Waals surface area contributed by atoms with Crippen LogP contribution in [0.25, 0.3) is 0 Å². The number of benzene rings is 2. The molecule has 3 aromatic rings. The Hall–Kier alpha value is -2.08. The van der Waals surface area contributed by atoms with Crippen molar-refractivity contribution < 1.29 is 9.53 Å². The monoisotopic (exact) mass is 434 g/mol. The van der Waals surface area contributed by atoms with Crippen LogP contribution in [0.15, 0.2) is 48.7 Å². The molecule has 0 aliphatic rings. The quantitative estimate of drug-likeness (QED) is 0.482. The number of hydrogen-bond acceptors (Lipinski definition) is 4. The van der Waals surface area contributed by atoms with Crippen LogP contribution in [0.3, 0.4) is 0 Å². The topological polar surface area (TPSA) is 51.2 Å². The van der Waals surface area contributed by atoms with Crippen LogP contribution in [0.1, 0.15) is 35.8 Å². The third-order valence-electron chi connectivity index (χ3n) is 4.08. The second kappa shape index (κ2) is 9.41. The molecule has 1 N–H and O–H groups in total. The number of aromatic nitrogens is 1. The number of rotatable bonds is 7. The van der Waals surface area contributed by atoms with Gasteiger partial charge in [-0.15, -0.1) is 11.3 Å². The number of carbonyl (C=O) groups is 1. The van der Waals surface area contributed by atoms with Gasteiger partial charge in [0, 0.05) is 17.5 Å². The smallest absolute Gasteiger partial charge is 0.264 e. The molecular weight excluding hydrogens is 415 g/mol. The fraction of sp³-hybridized carbons (Fsp3) is 0.238. The van der Waals surface area contributed by atoms with Crippen LogP contribution in [-0.2, 0) is 11.2 Å². The van der Waals surface area contributed by atoms with E-state index in [1.807, 2.05) is 36.4 Å². The van der Waals surface area contributed by atoms with Gasteiger partial charge in [-0.3, -0.25) is 10.1 Å². The number of halogens is 2. The van der Waals surface area contributed by atoms with Crippen molar-refractivity contribution in [3.63, 3.8) is 0 Å². The number of amides is 1. The molecule has 2 aromatic carbocycles. The standard InChI is InChI=1S/C21H20Cl2N2O2S/c1-13(2)15-4-6-16(7-5-15)27-12-20(26)25-21-24-11-17(28-21)9-14-3-8-18(22)19(23)10-14/h3-8,10-11,13H,9,12H2,1-2H3,(H,24,25,26). The molecule has 0 aliphatic heterocycles. The first-order chi connectivity index (χ1) is 13.4. The van der Waals surface area contributed by atoms with Gasteiger partial charge in [-0.05, 0) is 41.3 Å². The minimum absolute atomic E-state index is 0.0667. The van der Waals surface area contributed by atoms with Crippen molar-refractivity contribution in [2.75, 3.05) is 11.9 Å².